The van der Waals surface area contributed by atoms with Gasteiger partial charge < -0.3 is 0 Å². The van der Waals surface area contributed by atoms with E-state index in [1.165, 1.54) is 0 Å². The van der Waals surface area contributed by atoms with Crippen LogP contribution in [0.5, 0.6) is 0 Å². The maximum atomic E-state index is 11.5. The molecule has 1 atom stereocenters. The molecule has 1 rings (SSSR count). The van der Waals surface area contributed by atoms with E-state index in [4.69, 9.17) is 0 Å². The minimum absolute atomic E-state index is 0.177. The fraction of sp³-hybridized carbons (Fsp3) is 0.444. The van der Waals surface area contributed by atoms with Gasteiger partial charge in [0.1, 0.15) is 0 Å². The monoisotopic (exact) mass is 200 g/mol. The first-order chi connectivity index (χ1) is 6.08. The summed E-state index contributed by atoms with van der Waals surface area (Å²) in [6, 6.07) is 5.51. The third-order valence-electron chi connectivity index (χ3n) is 2.08. The lowest BCUT2D eigenvalue weighted by Gasteiger charge is -2.05. The average molecular weight is 200 g/mol. The standard InChI is InChI=1S/C9H14NO2S/c1-3-13(11,12)9(2)10-7-5-4-6-8-10/h4-9H,3H2,1-2H3/q+1. The predicted molar refractivity (Wildman–Crippen MR) is 50.8 cm³/mol. The zero-order valence-electron chi connectivity index (χ0n) is 7.84. The number of hydrogen-bond donors (Lipinski definition) is 0. The van der Waals surface area contributed by atoms with Crippen molar-refractivity contribution in [3.63, 3.8) is 0 Å². The molecule has 0 fully saturated rings. The van der Waals surface area contributed by atoms with Crippen molar-refractivity contribution < 1.29 is 13.0 Å². The van der Waals surface area contributed by atoms with Gasteiger partial charge in [-0.25, -0.2) is 8.42 Å². The molecule has 0 saturated carbocycles. The topological polar surface area (TPSA) is 38.0 Å². The average Bonchev–Trinajstić information content (AvgIpc) is 2.18. The van der Waals surface area contributed by atoms with Gasteiger partial charge in [-0.05, 0) is 0 Å². The fourth-order valence-corrected chi connectivity index (χ4v) is 2.07. The molecule has 1 aromatic heterocycles. The maximum Gasteiger partial charge on any atom is 0.254 e. The number of pyridine rings is 1. The summed E-state index contributed by atoms with van der Waals surface area (Å²) in [5.41, 5.74) is 0. The number of sulfone groups is 1. The van der Waals surface area contributed by atoms with Crippen LogP contribution in [0.1, 0.15) is 19.2 Å². The fourth-order valence-electron chi connectivity index (χ4n) is 1.08. The summed E-state index contributed by atoms with van der Waals surface area (Å²) in [5, 5.41) is -0.473. The largest absolute Gasteiger partial charge is 0.254 e. The third kappa shape index (κ3) is 2.28. The second-order valence-corrected chi connectivity index (χ2v) is 5.46. The third-order valence-corrected chi connectivity index (χ3v) is 4.17. The quantitative estimate of drug-likeness (QED) is 0.681. The van der Waals surface area contributed by atoms with Crippen molar-refractivity contribution in [1.29, 1.82) is 0 Å². The normalized spacial score (nSPS) is 14.0. The van der Waals surface area contributed by atoms with Crippen molar-refractivity contribution in [2.45, 2.75) is 19.2 Å². The Hall–Kier alpha value is -0.900. The van der Waals surface area contributed by atoms with E-state index in [0.717, 1.165) is 0 Å². The number of aromatic nitrogens is 1. The molecule has 1 heterocycles. The van der Waals surface area contributed by atoms with Gasteiger partial charge in [0.25, 0.3) is 5.37 Å². The molecule has 0 aromatic carbocycles. The van der Waals surface area contributed by atoms with Crippen molar-refractivity contribution in [3.05, 3.63) is 30.6 Å². The van der Waals surface area contributed by atoms with E-state index in [9.17, 15) is 8.42 Å². The van der Waals surface area contributed by atoms with Gasteiger partial charge in [0.05, 0.1) is 5.75 Å². The van der Waals surface area contributed by atoms with E-state index < -0.39 is 15.2 Å². The Morgan fingerprint density at radius 3 is 2.23 bits per heavy atom. The molecule has 4 heteroatoms. The molecule has 0 bridgehead atoms. The van der Waals surface area contributed by atoms with Crippen LogP contribution in [0.3, 0.4) is 0 Å². The van der Waals surface area contributed by atoms with Crippen LogP contribution in [0.2, 0.25) is 0 Å². The van der Waals surface area contributed by atoms with Crippen LogP contribution in [0.25, 0.3) is 0 Å². The number of nitrogens with zero attached hydrogens (tertiary/aromatic N) is 1. The second-order valence-electron chi connectivity index (χ2n) is 2.87. The van der Waals surface area contributed by atoms with Crippen molar-refractivity contribution in [3.8, 4) is 0 Å². The summed E-state index contributed by atoms with van der Waals surface area (Å²) >= 11 is 0. The molecule has 13 heavy (non-hydrogen) atoms. The molecule has 3 nitrogen and oxygen atoms in total. The molecular weight excluding hydrogens is 186 g/mol. The Morgan fingerprint density at radius 1 is 1.23 bits per heavy atom. The minimum atomic E-state index is -2.99. The van der Waals surface area contributed by atoms with E-state index in [0.29, 0.717) is 0 Å². The minimum Gasteiger partial charge on any atom is -0.222 e. The van der Waals surface area contributed by atoms with E-state index in [1.807, 2.05) is 18.2 Å². The molecule has 1 unspecified atom stereocenters. The summed E-state index contributed by atoms with van der Waals surface area (Å²) in [6.07, 6.45) is 3.52. The predicted octanol–water partition coefficient (Wildman–Crippen LogP) is 0.927. The Morgan fingerprint density at radius 2 is 1.77 bits per heavy atom. The smallest absolute Gasteiger partial charge is 0.222 e. The van der Waals surface area contributed by atoms with Gasteiger partial charge in [0.2, 0.25) is 9.84 Å². The van der Waals surface area contributed by atoms with Crippen molar-refractivity contribution in [1.82, 2.24) is 0 Å². The SMILES string of the molecule is CCS(=O)(=O)C(C)[n+]1ccccc1. The molecule has 0 aliphatic heterocycles. The van der Waals surface area contributed by atoms with E-state index in [2.05, 4.69) is 0 Å². The highest BCUT2D eigenvalue weighted by Gasteiger charge is 2.25. The molecule has 0 amide bonds. The molecule has 0 saturated heterocycles. The first-order valence-electron chi connectivity index (χ1n) is 4.25. The lowest BCUT2D eigenvalue weighted by molar-refractivity contribution is -0.698. The second kappa shape index (κ2) is 3.87. The summed E-state index contributed by atoms with van der Waals surface area (Å²) in [4.78, 5) is 0. The van der Waals surface area contributed by atoms with Crippen LogP contribution in [-0.2, 0) is 9.84 Å². The molecular formula is C9H14NO2S+. The Balaban J connectivity index is 2.99. The molecule has 0 N–H and O–H groups in total. The lowest BCUT2D eigenvalue weighted by atomic mass is 10.5. The number of rotatable bonds is 3. The lowest BCUT2D eigenvalue weighted by Crippen LogP contribution is -2.41. The van der Waals surface area contributed by atoms with E-state index >= 15 is 0 Å². The maximum absolute atomic E-state index is 11.5. The highest BCUT2D eigenvalue weighted by Crippen LogP contribution is 2.06. The van der Waals surface area contributed by atoms with Gasteiger partial charge in [-0.1, -0.05) is 13.0 Å². The van der Waals surface area contributed by atoms with Crippen molar-refractivity contribution in [2.75, 3.05) is 5.75 Å². The number of hydrogen-bond acceptors (Lipinski definition) is 2. The molecule has 1 aromatic rings. The van der Waals surface area contributed by atoms with Crippen molar-refractivity contribution >= 4 is 9.84 Å². The van der Waals surface area contributed by atoms with Gasteiger partial charge in [-0.15, -0.1) is 0 Å². The highest BCUT2D eigenvalue weighted by atomic mass is 32.2. The Labute approximate surface area is 78.9 Å². The molecule has 0 aliphatic rings. The summed E-state index contributed by atoms with van der Waals surface area (Å²) in [7, 11) is -2.99. The van der Waals surface area contributed by atoms with Crippen LogP contribution >= 0.6 is 0 Å². The summed E-state index contributed by atoms with van der Waals surface area (Å²) in [6.45, 7) is 3.36. The van der Waals surface area contributed by atoms with E-state index in [-0.39, 0.29) is 5.75 Å². The van der Waals surface area contributed by atoms with Crippen LogP contribution < -0.4 is 4.57 Å². The van der Waals surface area contributed by atoms with Crippen LogP contribution in [0.15, 0.2) is 30.6 Å². The zero-order valence-corrected chi connectivity index (χ0v) is 8.66. The van der Waals surface area contributed by atoms with Crippen molar-refractivity contribution in [2.24, 2.45) is 0 Å². The summed E-state index contributed by atoms with van der Waals surface area (Å²) in [5.74, 6) is 0.177. The van der Waals surface area contributed by atoms with Gasteiger partial charge in [0, 0.05) is 19.1 Å². The van der Waals surface area contributed by atoms with Gasteiger partial charge in [-0.2, -0.15) is 4.57 Å². The Bertz CT molecular complexity index is 358. The van der Waals surface area contributed by atoms with Crippen LogP contribution in [0.4, 0.5) is 0 Å². The highest BCUT2D eigenvalue weighted by molar-refractivity contribution is 7.91. The molecule has 0 aliphatic carbocycles. The van der Waals surface area contributed by atoms with Gasteiger partial charge in [0.15, 0.2) is 12.4 Å². The first kappa shape index (κ1) is 10.2. The van der Waals surface area contributed by atoms with Gasteiger partial charge in [-0.3, -0.25) is 0 Å². The van der Waals surface area contributed by atoms with Gasteiger partial charge >= 0.3 is 0 Å². The molecule has 72 valence electrons. The van der Waals surface area contributed by atoms with Crippen LogP contribution in [-0.4, -0.2) is 14.2 Å². The molecule has 0 radical (unpaired) electrons. The Kier molecular flexibility index (Phi) is 3.03. The first-order valence-corrected chi connectivity index (χ1v) is 5.97. The summed E-state index contributed by atoms with van der Waals surface area (Å²) < 4.78 is 24.7. The zero-order chi connectivity index (χ0) is 9.90. The van der Waals surface area contributed by atoms with E-state index in [1.54, 1.807) is 30.8 Å². The van der Waals surface area contributed by atoms with Crippen LogP contribution in [0, 0.1) is 0 Å². The molecule has 0 spiro atoms.